The molecular weight excluding hydrogens is 452 g/mol. The third-order valence-corrected chi connectivity index (χ3v) is 7.54. The van der Waals surface area contributed by atoms with Crippen molar-refractivity contribution in [2.45, 2.75) is 16.1 Å². The molecule has 0 N–H and O–H groups in total. The predicted octanol–water partition coefficient (Wildman–Crippen LogP) is 5.25. The van der Waals surface area contributed by atoms with Crippen molar-refractivity contribution in [1.29, 1.82) is 0 Å². The van der Waals surface area contributed by atoms with Crippen molar-refractivity contribution in [2.75, 3.05) is 23.5 Å². The van der Waals surface area contributed by atoms with Gasteiger partial charge < -0.3 is 9.64 Å². The van der Waals surface area contributed by atoms with Gasteiger partial charge in [-0.15, -0.1) is 22.0 Å². The van der Waals surface area contributed by atoms with E-state index < -0.39 is 0 Å². The molecule has 1 aliphatic heterocycles. The Morgan fingerprint density at radius 2 is 1.76 bits per heavy atom. The van der Waals surface area contributed by atoms with E-state index in [9.17, 15) is 4.79 Å². The molecule has 1 aliphatic rings. The van der Waals surface area contributed by atoms with Crippen LogP contribution in [0.25, 0.3) is 5.69 Å². The second-order valence-corrected chi connectivity index (χ2v) is 9.42. The fourth-order valence-corrected chi connectivity index (χ4v) is 5.88. The van der Waals surface area contributed by atoms with Crippen LogP contribution in [0.4, 0.5) is 5.69 Å². The van der Waals surface area contributed by atoms with E-state index in [0.717, 1.165) is 33.3 Å². The number of benzene rings is 3. The molecule has 0 saturated carbocycles. The number of rotatable bonds is 6. The predicted molar refractivity (Wildman–Crippen MR) is 132 cm³/mol. The molecule has 0 aliphatic carbocycles. The van der Waals surface area contributed by atoms with E-state index in [1.54, 1.807) is 25.2 Å². The first-order valence-corrected chi connectivity index (χ1v) is 12.5. The van der Waals surface area contributed by atoms with E-state index in [-0.39, 0.29) is 17.7 Å². The minimum absolute atomic E-state index is 0.0220. The molecule has 0 unspecified atom stereocenters. The quantitative estimate of drug-likeness (QED) is 0.356. The molecule has 0 radical (unpaired) electrons. The highest BCUT2D eigenvalue weighted by atomic mass is 32.2. The molecule has 0 bridgehead atoms. The molecule has 33 heavy (non-hydrogen) atoms. The average molecular weight is 475 g/mol. The van der Waals surface area contributed by atoms with Gasteiger partial charge in [0.05, 0.1) is 30.3 Å². The summed E-state index contributed by atoms with van der Waals surface area (Å²) in [5.74, 6) is 1.82. The van der Waals surface area contributed by atoms with Crippen molar-refractivity contribution in [3.63, 3.8) is 0 Å². The number of amides is 1. The molecule has 0 fully saturated rings. The molecular formula is C25H22N4O2S2. The van der Waals surface area contributed by atoms with E-state index in [1.165, 1.54) is 11.8 Å². The van der Waals surface area contributed by atoms with Crippen LogP contribution in [0.15, 0.2) is 95.2 Å². The second-order valence-electron chi connectivity index (χ2n) is 7.41. The molecule has 5 rings (SSSR count). The molecule has 1 amide bonds. The van der Waals surface area contributed by atoms with E-state index in [1.807, 2.05) is 70.1 Å². The molecule has 1 atom stereocenters. The molecule has 6 nitrogen and oxygen atoms in total. The summed E-state index contributed by atoms with van der Waals surface area (Å²) in [6.07, 6.45) is 1.64. The number of anilines is 1. The Balaban J connectivity index is 1.42. The minimum Gasteiger partial charge on any atom is -0.495 e. The van der Waals surface area contributed by atoms with Crippen molar-refractivity contribution in [3.8, 4) is 11.4 Å². The van der Waals surface area contributed by atoms with Gasteiger partial charge >= 0.3 is 0 Å². The van der Waals surface area contributed by atoms with Crippen LogP contribution in [0.2, 0.25) is 0 Å². The van der Waals surface area contributed by atoms with Gasteiger partial charge in [0.2, 0.25) is 5.91 Å². The maximum atomic E-state index is 13.6. The van der Waals surface area contributed by atoms with Gasteiger partial charge in [0.1, 0.15) is 12.1 Å². The fourth-order valence-electron chi connectivity index (χ4n) is 3.93. The Hall–Kier alpha value is -3.23. The number of hydrogen-bond donors (Lipinski definition) is 0. The smallest absolute Gasteiger partial charge is 0.238 e. The van der Waals surface area contributed by atoms with Crippen LogP contribution in [0.1, 0.15) is 11.6 Å². The van der Waals surface area contributed by atoms with Crippen molar-refractivity contribution < 1.29 is 9.53 Å². The van der Waals surface area contributed by atoms with E-state index in [0.29, 0.717) is 5.16 Å². The maximum Gasteiger partial charge on any atom is 0.238 e. The highest BCUT2D eigenvalue weighted by Crippen LogP contribution is 2.43. The monoisotopic (exact) mass is 474 g/mol. The summed E-state index contributed by atoms with van der Waals surface area (Å²) in [5.41, 5.74) is 2.93. The topological polar surface area (TPSA) is 60.2 Å². The first-order valence-electron chi connectivity index (χ1n) is 10.5. The van der Waals surface area contributed by atoms with Crippen LogP contribution in [-0.2, 0) is 4.79 Å². The highest BCUT2D eigenvalue weighted by Gasteiger charge is 2.32. The standard InChI is InChI=1S/C25H22N4O2S2/c1-31-22-13-7-5-11-19(22)28-17-26-27-25(28)33-16-24(30)29-20-12-6-8-14-23(20)32-15-21(29)18-9-3-2-4-10-18/h2-14,17,21H,15-16H2,1H3/t21-/m1/s1. The van der Waals surface area contributed by atoms with E-state index >= 15 is 0 Å². The minimum atomic E-state index is -0.0220. The van der Waals surface area contributed by atoms with Crippen LogP contribution >= 0.6 is 23.5 Å². The Bertz CT molecular complexity index is 1260. The fraction of sp³-hybridized carbons (Fsp3) is 0.160. The van der Waals surface area contributed by atoms with E-state index in [4.69, 9.17) is 4.74 Å². The van der Waals surface area contributed by atoms with Crippen molar-refractivity contribution >= 4 is 35.1 Å². The number of ether oxygens (including phenoxy) is 1. The number of nitrogens with zero attached hydrogens (tertiary/aromatic N) is 4. The lowest BCUT2D eigenvalue weighted by molar-refractivity contribution is -0.116. The van der Waals surface area contributed by atoms with Crippen molar-refractivity contribution in [3.05, 3.63) is 90.8 Å². The lowest BCUT2D eigenvalue weighted by Crippen LogP contribution is -2.39. The highest BCUT2D eigenvalue weighted by molar-refractivity contribution is 8.00. The van der Waals surface area contributed by atoms with Gasteiger partial charge in [-0.1, -0.05) is 66.4 Å². The van der Waals surface area contributed by atoms with Crippen LogP contribution < -0.4 is 9.64 Å². The van der Waals surface area contributed by atoms with Crippen LogP contribution in [0.3, 0.4) is 0 Å². The van der Waals surface area contributed by atoms with Crippen molar-refractivity contribution in [1.82, 2.24) is 14.8 Å². The summed E-state index contributed by atoms with van der Waals surface area (Å²) in [5, 5.41) is 8.97. The summed E-state index contributed by atoms with van der Waals surface area (Å²) in [6, 6.07) is 26.0. The SMILES string of the molecule is COc1ccccc1-n1cnnc1SCC(=O)N1c2ccccc2SC[C@@H]1c1ccccc1. The molecule has 8 heteroatoms. The van der Waals surface area contributed by atoms with Crippen LogP contribution in [-0.4, -0.2) is 39.3 Å². The number of aromatic nitrogens is 3. The third kappa shape index (κ3) is 4.36. The third-order valence-electron chi connectivity index (χ3n) is 5.47. The van der Waals surface area contributed by atoms with Gasteiger partial charge in [0, 0.05) is 10.6 Å². The number of para-hydroxylation sites is 3. The average Bonchev–Trinajstić information content (AvgIpc) is 3.35. The number of fused-ring (bicyclic) bond motifs is 1. The van der Waals surface area contributed by atoms with Gasteiger partial charge in [0.25, 0.3) is 0 Å². The molecule has 4 aromatic rings. The maximum absolute atomic E-state index is 13.6. The summed E-state index contributed by atoms with van der Waals surface area (Å²) in [4.78, 5) is 16.7. The number of thioether (sulfide) groups is 2. The Kier molecular flexibility index (Phi) is 6.37. The molecule has 3 aromatic carbocycles. The van der Waals surface area contributed by atoms with Gasteiger partial charge in [-0.05, 0) is 29.8 Å². The number of carbonyl (C=O) groups excluding carboxylic acids is 1. The van der Waals surface area contributed by atoms with Crippen molar-refractivity contribution in [2.24, 2.45) is 0 Å². The lowest BCUT2D eigenvalue weighted by atomic mass is 10.1. The van der Waals surface area contributed by atoms with Crippen LogP contribution in [0.5, 0.6) is 5.75 Å². The van der Waals surface area contributed by atoms with Crippen LogP contribution in [0, 0.1) is 0 Å². The van der Waals surface area contributed by atoms with Gasteiger partial charge in [-0.25, -0.2) is 0 Å². The zero-order valence-corrected chi connectivity index (χ0v) is 19.6. The molecule has 166 valence electrons. The van der Waals surface area contributed by atoms with Gasteiger partial charge in [0.15, 0.2) is 5.16 Å². The molecule has 0 saturated heterocycles. The summed E-state index contributed by atoms with van der Waals surface area (Å²) >= 11 is 3.17. The summed E-state index contributed by atoms with van der Waals surface area (Å²) in [7, 11) is 1.63. The summed E-state index contributed by atoms with van der Waals surface area (Å²) < 4.78 is 7.34. The number of carbonyl (C=O) groups is 1. The zero-order chi connectivity index (χ0) is 22.6. The van der Waals surface area contributed by atoms with Gasteiger partial charge in [-0.2, -0.15) is 0 Å². The normalized spacial score (nSPS) is 15.2. The Morgan fingerprint density at radius 1 is 1.03 bits per heavy atom. The summed E-state index contributed by atoms with van der Waals surface area (Å²) in [6.45, 7) is 0. The number of hydrogen-bond acceptors (Lipinski definition) is 6. The zero-order valence-electron chi connectivity index (χ0n) is 18.0. The largest absolute Gasteiger partial charge is 0.495 e. The van der Waals surface area contributed by atoms with Gasteiger partial charge in [-0.3, -0.25) is 9.36 Å². The molecule has 2 heterocycles. The Labute approximate surface area is 201 Å². The molecule has 0 spiro atoms. The first kappa shape index (κ1) is 21.6. The second kappa shape index (κ2) is 9.72. The lowest BCUT2D eigenvalue weighted by Gasteiger charge is -2.37. The molecule has 1 aromatic heterocycles. The Morgan fingerprint density at radius 3 is 2.58 bits per heavy atom. The first-order chi connectivity index (χ1) is 16.3. The van der Waals surface area contributed by atoms with E-state index in [2.05, 4.69) is 28.4 Å². The number of methoxy groups -OCH3 is 1.